The van der Waals surface area contributed by atoms with Gasteiger partial charge in [-0.15, -0.1) is 24.0 Å². The number of ether oxygens (including phenoxy) is 2. The predicted molar refractivity (Wildman–Crippen MR) is 113 cm³/mol. The van der Waals surface area contributed by atoms with Gasteiger partial charge >= 0.3 is 0 Å². The fraction of sp³-hybridized carbons (Fsp3) is 0.944. The lowest BCUT2D eigenvalue weighted by Gasteiger charge is -2.36. The van der Waals surface area contributed by atoms with Gasteiger partial charge in [0.1, 0.15) is 0 Å². The fourth-order valence-corrected chi connectivity index (χ4v) is 2.95. The van der Waals surface area contributed by atoms with Gasteiger partial charge in [0.2, 0.25) is 0 Å². The van der Waals surface area contributed by atoms with Crippen LogP contribution < -0.4 is 10.6 Å². The topological polar surface area (TPSA) is 54.9 Å². The maximum Gasteiger partial charge on any atom is 0.191 e. The maximum absolute atomic E-state index is 5.74. The molecule has 0 aliphatic carbocycles. The van der Waals surface area contributed by atoms with E-state index in [4.69, 9.17) is 9.47 Å². The highest BCUT2D eigenvalue weighted by Gasteiger charge is 2.32. The number of hydrogen-bond donors (Lipinski definition) is 2. The van der Waals surface area contributed by atoms with E-state index in [2.05, 4.69) is 22.5 Å². The molecule has 6 heteroatoms. The number of methoxy groups -OCH3 is 1. The first-order valence-corrected chi connectivity index (χ1v) is 9.34. The zero-order chi connectivity index (χ0) is 16.8. The molecule has 144 valence electrons. The average Bonchev–Trinajstić information content (AvgIpc) is 2.60. The van der Waals surface area contributed by atoms with Crippen molar-refractivity contribution < 1.29 is 9.47 Å². The van der Waals surface area contributed by atoms with E-state index >= 15 is 0 Å². The quantitative estimate of drug-likeness (QED) is 0.216. The number of hydrogen-bond acceptors (Lipinski definition) is 3. The molecule has 1 heterocycles. The Balaban J connectivity index is 0.00000529. The lowest BCUT2D eigenvalue weighted by Crippen LogP contribution is -2.50. The summed E-state index contributed by atoms with van der Waals surface area (Å²) >= 11 is 0. The third-order valence-electron chi connectivity index (χ3n) is 4.71. The van der Waals surface area contributed by atoms with Gasteiger partial charge in [-0.05, 0) is 6.42 Å². The average molecular weight is 455 g/mol. The van der Waals surface area contributed by atoms with Gasteiger partial charge in [0.05, 0.1) is 5.60 Å². The van der Waals surface area contributed by atoms with Crippen LogP contribution in [0.25, 0.3) is 0 Å². The van der Waals surface area contributed by atoms with Gasteiger partial charge in [0, 0.05) is 53.3 Å². The largest absolute Gasteiger partial charge is 0.381 e. The molecule has 0 unspecified atom stereocenters. The Kier molecular flexibility index (Phi) is 15.1. The smallest absolute Gasteiger partial charge is 0.191 e. The van der Waals surface area contributed by atoms with Crippen molar-refractivity contribution in [3.63, 3.8) is 0 Å². The SMILES string of the molecule is CCCCCCCCCNC(=NC)NCC1(OC)CCOCC1.I. The van der Waals surface area contributed by atoms with E-state index in [1.165, 1.54) is 44.9 Å². The van der Waals surface area contributed by atoms with E-state index in [0.717, 1.165) is 45.1 Å². The Morgan fingerprint density at radius 3 is 2.25 bits per heavy atom. The number of unbranched alkanes of at least 4 members (excludes halogenated alkanes) is 6. The van der Waals surface area contributed by atoms with Gasteiger partial charge in [-0.1, -0.05) is 45.4 Å². The normalized spacial score (nSPS) is 17.2. The van der Waals surface area contributed by atoms with Crippen LogP contribution in [-0.4, -0.2) is 52.0 Å². The van der Waals surface area contributed by atoms with E-state index in [9.17, 15) is 0 Å². The van der Waals surface area contributed by atoms with Crippen molar-refractivity contribution in [2.75, 3.05) is 40.5 Å². The maximum atomic E-state index is 5.74. The number of aliphatic imine (C=N–C) groups is 1. The summed E-state index contributed by atoms with van der Waals surface area (Å²) in [4.78, 5) is 4.30. The van der Waals surface area contributed by atoms with Crippen LogP contribution in [0.15, 0.2) is 4.99 Å². The van der Waals surface area contributed by atoms with Gasteiger partial charge in [-0.3, -0.25) is 4.99 Å². The summed E-state index contributed by atoms with van der Waals surface area (Å²) in [6, 6.07) is 0. The summed E-state index contributed by atoms with van der Waals surface area (Å²) in [5, 5.41) is 6.81. The molecule has 1 rings (SSSR count). The summed E-state index contributed by atoms with van der Waals surface area (Å²) < 4.78 is 11.2. The zero-order valence-electron chi connectivity index (χ0n) is 15.9. The van der Waals surface area contributed by atoms with Crippen LogP contribution in [0.1, 0.15) is 64.7 Å². The first-order valence-electron chi connectivity index (χ1n) is 9.34. The van der Waals surface area contributed by atoms with Crippen LogP contribution in [0.3, 0.4) is 0 Å². The van der Waals surface area contributed by atoms with Crippen LogP contribution in [-0.2, 0) is 9.47 Å². The summed E-state index contributed by atoms with van der Waals surface area (Å²) in [5.41, 5.74) is -0.116. The molecule has 24 heavy (non-hydrogen) atoms. The molecular weight excluding hydrogens is 417 g/mol. The molecule has 1 fully saturated rings. The Bertz CT molecular complexity index is 321. The first kappa shape index (κ1) is 23.9. The van der Waals surface area contributed by atoms with Crippen molar-refractivity contribution in [2.24, 2.45) is 4.99 Å². The molecule has 0 aromatic rings. The Morgan fingerprint density at radius 2 is 1.67 bits per heavy atom. The van der Waals surface area contributed by atoms with Crippen molar-refractivity contribution in [1.29, 1.82) is 0 Å². The molecule has 1 saturated heterocycles. The Hall–Kier alpha value is -0.0800. The lowest BCUT2D eigenvalue weighted by atomic mass is 9.94. The molecule has 1 aliphatic rings. The molecule has 0 aromatic heterocycles. The van der Waals surface area contributed by atoms with Gasteiger partial charge in [0.25, 0.3) is 0 Å². The summed E-state index contributed by atoms with van der Waals surface area (Å²) in [7, 11) is 3.62. The molecule has 1 aliphatic heterocycles. The lowest BCUT2D eigenvalue weighted by molar-refractivity contribution is -0.0855. The highest BCUT2D eigenvalue weighted by atomic mass is 127. The molecule has 0 amide bonds. The second-order valence-electron chi connectivity index (χ2n) is 6.47. The van der Waals surface area contributed by atoms with E-state index < -0.39 is 0 Å². The molecular formula is C18H38IN3O2. The third kappa shape index (κ3) is 10.0. The first-order chi connectivity index (χ1) is 11.3. The van der Waals surface area contributed by atoms with Crippen LogP contribution in [0, 0.1) is 0 Å². The molecule has 5 nitrogen and oxygen atoms in total. The van der Waals surface area contributed by atoms with E-state index in [1.54, 1.807) is 7.11 Å². The minimum atomic E-state index is -0.116. The minimum absolute atomic E-state index is 0. The molecule has 0 bridgehead atoms. The summed E-state index contributed by atoms with van der Waals surface area (Å²) in [6.07, 6.45) is 11.2. The number of rotatable bonds is 11. The second kappa shape index (κ2) is 15.2. The standard InChI is InChI=1S/C18H37N3O2.HI/c1-4-5-6-7-8-9-10-13-20-17(19-2)21-16-18(22-3)11-14-23-15-12-18;/h4-16H2,1-3H3,(H2,19,20,21);1H. The van der Waals surface area contributed by atoms with Gasteiger partial charge in [0.15, 0.2) is 5.96 Å². The third-order valence-corrected chi connectivity index (χ3v) is 4.71. The fourth-order valence-electron chi connectivity index (χ4n) is 2.95. The Morgan fingerprint density at radius 1 is 1.04 bits per heavy atom. The highest BCUT2D eigenvalue weighted by Crippen LogP contribution is 2.23. The Labute approximate surface area is 165 Å². The monoisotopic (exact) mass is 455 g/mol. The predicted octanol–water partition coefficient (Wildman–Crippen LogP) is 3.72. The van der Waals surface area contributed by atoms with E-state index in [-0.39, 0.29) is 29.6 Å². The van der Waals surface area contributed by atoms with E-state index in [0.29, 0.717) is 0 Å². The van der Waals surface area contributed by atoms with Crippen molar-refractivity contribution in [3.8, 4) is 0 Å². The van der Waals surface area contributed by atoms with Crippen LogP contribution in [0.5, 0.6) is 0 Å². The molecule has 0 saturated carbocycles. The second-order valence-corrected chi connectivity index (χ2v) is 6.47. The molecule has 0 aromatic carbocycles. The number of nitrogens with zero attached hydrogens (tertiary/aromatic N) is 1. The highest BCUT2D eigenvalue weighted by molar-refractivity contribution is 14.0. The zero-order valence-corrected chi connectivity index (χ0v) is 18.2. The molecule has 0 atom stereocenters. The molecule has 2 N–H and O–H groups in total. The molecule has 0 spiro atoms. The van der Waals surface area contributed by atoms with Crippen molar-refractivity contribution >= 4 is 29.9 Å². The number of guanidine groups is 1. The van der Waals surface area contributed by atoms with Crippen LogP contribution in [0.2, 0.25) is 0 Å². The van der Waals surface area contributed by atoms with Crippen LogP contribution in [0.4, 0.5) is 0 Å². The van der Waals surface area contributed by atoms with Crippen molar-refractivity contribution in [1.82, 2.24) is 10.6 Å². The van der Waals surface area contributed by atoms with Gasteiger partial charge in [-0.25, -0.2) is 0 Å². The van der Waals surface area contributed by atoms with Gasteiger partial charge < -0.3 is 20.1 Å². The van der Waals surface area contributed by atoms with Gasteiger partial charge in [-0.2, -0.15) is 0 Å². The summed E-state index contributed by atoms with van der Waals surface area (Å²) in [5.74, 6) is 0.874. The van der Waals surface area contributed by atoms with Crippen molar-refractivity contribution in [3.05, 3.63) is 0 Å². The minimum Gasteiger partial charge on any atom is -0.381 e. The van der Waals surface area contributed by atoms with E-state index in [1.807, 2.05) is 7.05 Å². The van der Waals surface area contributed by atoms with Crippen LogP contribution >= 0.6 is 24.0 Å². The summed E-state index contributed by atoms with van der Waals surface area (Å²) in [6.45, 7) is 5.58. The number of nitrogens with one attached hydrogen (secondary N) is 2. The number of halogens is 1. The molecule has 0 radical (unpaired) electrons. The van der Waals surface area contributed by atoms with Crippen molar-refractivity contribution in [2.45, 2.75) is 70.3 Å².